The zero-order valence-electron chi connectivity index (χ0n) is 11.9. The van der Waals surface area contributed by atoms with Crippen molar-refractivity contribution in [3.05, 3.63) is 23.5 Å². The quantitative estimate of drug-likeness (QED) is 0.696. The van der Waals surface area contributed by atoms with E-state index in [2.05, 4.69) is 10.3 Å². The molecule has 1 aliphatic rings. The van der Waals surface area contributed by atoms with Crippen LogP contribution < -0.4 is 10.1 Å². The van der Waals surface area contributed by atoms with Gasteiger partial charge in [-0.15, -0.1) is 0 Å². The summed E-state index contributed by atoms with van der Waals surface area (Å²) in [5.41, 5.74) is 2.05. The van der Waals surface area contributed by atoms with Crippen molar-refractivity contribution in [1.82, 2.24) is 10.3 Å². The average molecular weight is 264 g/mol. The van der Waals surface area contributed by atoms with Crippen LogP contribution in [0.2, 0.25) is 0 Å². The standard InChI is InChI=1S/C15H24N2O2/c1-3-18-9-4-10-19-15-8-5-12(2)17-14(15)11-16-13-6-7-13/h5,8,13,16H,3-4,6-7,9-11H2,1-2H3. The van der Waals surface area contributed by atoms with Crippen LogP contribution in [0.5, 0.6) is 5.75 Å². The van der Waals surface area contributed by atoms with Crippen molar-refractivity contribution in [3.8, 4) is 5.75 Å². The van der Waals surface area contributed by atoms with E-state index < -0.39 is 0 Å². The highest BCUT2D eigenvalue weighted by atomic mass is 16.5. The number of ether oxygens (including phenoxy) is 2. The van der Waals surface area contributed by atoms with Gasteiger partial charge in [0.15, 0.2) is 0 Å². The lowest BCUT2D eigenvalue weighted by atomic mass is 10.2. The van der Waals surface area contributed by atoms with E-state index in [4.69, 9.17) is 9.47 Å². The van der Waals surface area contributed by atoms with E-state index in [0.717, 1.165) is 43.3 Å². The Hall–Kier alpha value is -1.13. The van der Waals surface area contributed by atoms with Gasteiger partial charge in [0.1, 0.15) is 5.75 Å². The van der Waals surface area contributed by atoms with Crippen LogP contribution >= 0.6 is 0 Å². The van der Waals surface area contributed by atoms with Crippen LogP contribution in [0, 0.1) is 6.92 Å². The molecular weight excluding hydrogens is 240 g/mol. The molecule has 0 amide bonds. The highest BCUT2D eigenvalue weighted by Crippen LogP contribution is 2.22. The van der Waals surface area contributed by atoms with Crippen molar-refractivity contribution in [2.24, 2.45) is 0 Å². The molecular formula is C15H24N2O2. The molecule has 1 aromatic rings. The van der Waals surface area contributed by atoms with Crippen LogP contribution in [0.4, 0.5) is 0 Å². The Kier molecular flexibility index (Phi) is 5.61. The molecule has 0 unspecified atom stereocenters. The third-order valence-electron chi connectivity index (χ3n) is 3.10. The Labute approximate surface area is 115 Å². The van der Waals surface area contributed by atoms with Crippen molar-refractivity contribution < 1.29 is 9.47 Å². The van der Waals surface area contributed by atoms with Crippen molar-refractivity contribution in [1.29, 1.82) is 0 Å². The van der Waals surface area contributed by atoms with Gasteiger partial charge in [0.2, 0.25) is 0 Å². The molecule has 1 saturated carbocycles. The first-order valence-corrected chi connectivity index (χ1v) is 7.20. The van der Waals surface area contributed by atoms with Crippen molar-refractivity contribution in [2.45, 2.75) is 45.7 Å². The predicted molar refractivity (Wildman–Crippen MR) is 75.4 cm³/mol. The Morgan fingerprint density at radius 3 is 2.89 bits per heavy atom. The van der Waals surface area contributed by atoms with Crippen LogP contribution in [-0.4, -0.2) is 30.8 Å². The molecule has 19 heavy (non-hydrogen) atoms. The van der Waals surface area contributed by atoms with Gasteiger partial charge in [0.25, 0.3) is 0 Å². The molecule has 1 aromatic heterocycles. The maximum atomic E-state index is 5.81. The van der Waals surface area contributed by atoms with Gasteiger partial charge < -0.3 is 14.8 Å². The smallest absolute Gasteiger partial charge is 0.142 e. The SMILES string of the molecule is CCOCCCOc1ccc(C)nc1CNC1CC1. The molecule has 0 radical (unpaired) electrons. The molecule has 4 nitrogen and oxygen atoms in total. The lowest BCUT2D eigenvalue weighted by Gasteiger charge is -2.12. The lowest BCUT2D eigenvalue weighted by molar-refractivity contribution is 0.130. The van der Waals surface area contributed by atoms with Gasteiger partial charge in [0, 0.05) is 37.9 Å². The van der Waals surface area contributed by atoms with Gasteiger partial charge in [-0.25, -0.2) is 0 Å². The second-order valence-corrected chi connectivity index (χ2v) is 4.95. The summed E-state index contributed by atoms with van der Waals surface area (Å²) in [5.74, 6) is 0.898. The van der Waals surface area contributed by atoms with E-state index >= 15 is 0 Å². The minimum absolute atomic E-state index is 0.682. The zero-order valence-corrected chi connectivity index (χ0v) is 11.9. The largest absolute Gasteiger partial charge is 0.492 e. The van der Waals surface area contributed by atoms with Crippen LogP contribution in [0.25, 0.3) is 0 Å². The monoisotopic (exact) mass is 264 g/mol. The topological polar surface area (TPSA) is 43.4 Å². The Balaban J connectivity index is 1.82. The normalized spacial score (nSPS) is 14.6. The van der Waals surface area contributed by atoms with E-state index in [1.165, 1.54) is 12.8 Å². The number of nitrogens with zero attached hydrogens (tertiary/aromatic N) is 1. The van der Waals surface area contributed by atoms with Crippen LogP contribution in [0.3, 0.4) is 0 Å². The van der Waals surface area contributed by atoms with Gasteiger partial charge in [-0.05, 0) is 38.8 Å². The second kappa shape index (κ2) is 7.46. The fourth-order valence-electron chi connectivity index (χ4n) is 1.87. The first-order valence-electron chi connectivity index (χ1n) is 7.20. The molecule has 1 aliphatic carbocycles. The third kappa shape index (κ3) is 5.17. The summed E-state index contributed by atoms with van der Waals surface area (Å²) < 4.78 is 11.1. The summed E-state index contributed by atoms with van der Waals surface area (Å²) in [6.45, 7) is 7.02. The molecule has 0 aromatic carbocycles. The highest BCUT2D eigenvalue weighted by Gasteiger charge is 2.21. The minimum atomic E-state index is 0.682. The van der Waals surface area contributed by atoms with Gasteiger partial charge >= 0.3 is 0 Å². The first-order chi connectivity index (χ1) is 9.29. The average Bonchev–Trinajstić information content (AvgIpc) is 3.22. The molecule has 2 rings (SSSR count). The fourth-order valence-corrected chi connectivity index (χ4v) is 1.87. The molecule has 0 aliphatic heterocycles. The van der Waals surface area contributed by atoms with E-state index in [-0.39, 0.29) is 0 Å². The summed E-state index contributed by atoms with van der Waals surface area (Å²) in [6, 6.07) is 4.71. The van der Waals surface area contributed by atoms with Gasteiger partial charge in [-0.3, -0.25) is 4.98 Å². The van der Waals surface area contributed by atoms with Gasteiger partial charge in [-0.2, -0.15) is 0 Å². The minimum Gasteiger partial charge on any atom is -0.492 e. The molecule has 1 fully saturated rings. The number of rotatable bonds is 9. The molecule has 0 atom stereocenters. The lowest BCUT2D eigenvalue weighted by Crippen LogP contribution is -2.17. The zero-order chi connectivity index (χ0) is 13.5. The maximum Gasteiger partial charge on any atom is 0.142 e. The first kappa shape index (κ1) is 14.3. The van der Waals surface area contributed by atoms with Crippen molar-refractivity contribution in [3.63, 3.8) is 0 Å². The fraction of sp³-hybridized carbons (Fsp3) is 0.667. The van der Waals surface area contributed by atoms with Gasteiger partial charge in [-0.1, -0.05) is 0 Å². The summed E-state index contributed by atoms with van der Waals surface area (Å²) >= 11 is 0. The Bertz CT molecular complexity index is 392. The van der Waals surface area contributed by atoms with E-state index in [9.17, 15) is 0 Å². The molecule has 1 N–H and O–H groups in total. The summed E-state index contributed by atoms with van der Waals surface area (Å²) in [6.07, 6.45) is 3.49. The maximum absolute atomic E-state index is 5.81. The Morgan fingerprint density at radius 2 is 2.16 bits per heavy atom. The van der Waals surface area contributed by atoms with E-state index in [1.54, 1.807) is 0 Å². The number of nitrogens with one attached hydrogen (secondary N) is 1. The van der Waals surface area contributed by atoms with Crippen molar-refractivity contribution in [2.75, 3.05) is 19.8 Å². The van der Waals surface area contributed by atoms with Gasteiger partial charge in [0.05, 0.1) is 12.3 Å². The van der Waals surface area contributed by atoms with E-state index in [1.807, 2.05) is 26.0 Å². The van der Waals surface area contributed by atoms with Crippen molar-refractivity contribution >= 4 is 0 Å². The molecule has 0 bridgehead atoms. The van der Waals surface area contributed by atoms with Crippen LogP contribution in [-0.2, 0) is 11.3 Å². The summed E-state index contributed by atoms with van der Waals surface area (Å²) in [7, 11) is 0. The van der Waals surface area contributed by atoms with Crippen LogP contribution in [0.1, 0.15) is 37.6 Å². The number of aryl methyl sites for hydroxylation is 1. The molecule has 1 heterocycles. The number of hydrogen-bond donors (Lipinski definition) is 1. The number of hydrogen-bond acceptors (Lipinski definition) is 4. The summed E-state index contributed by atoms with van der Waals surface area (Å²) in [4.78, 5) is 4.57. The second-order valence-electron chi connectivity index (χ2n) is 4.95. The Morgan fingerprint density at radius 1 is 1.32 bits per heavy atom. The third-order valence-corrected chi connectivity index (χ3v) is 3.10. The predicted octanol–water partition coefficient (Wildman–Crippen LogP) is 2.45. The molecule has 4 heteroatoms. The summed E-state index contributed by atoms with van der Waals surface area (Å²) in [5, 5.41) is 3.48. The number of aromatic nitrogens is 1. The van der Waals surface area contributed by atoms with Crippen LogP contribution in [0.15, 0.2) is 12.1 Å². The number of pyridine rings is 1. The molecule has 106 valence electrons. The molecule has 0 saturated heterocycles. The van der Waals surface area contributed by atoms with E-state index in [0.29, 0.717) is 12.6 Å². The molecule has 0 spiro atoms. The highest BCUT2D eigenvalue weighted by molar-refractivity contribution is 5.29.